The summed E-state index contributed by atoms with van der Waals surface area (Å²) in [4.78, 5) is 32.3. The fourth-order valence-corrected chi connectivity index (χ4v) is 3.58. The fraction of sp³-hybridized carbons (Fsp3) is 0.409. The molecule has 1 aliphatic rings. The van der Waals surface area contributed by atoms with E-state index in [1.165, 1.54) is 6.07 Å². The number of nitrogens with one attached hydrogen (secondary N) is 2. The molecule has 2 heterocycles. The number of carbonyl (C=O) groups is 2. The first-order valence-electron chi connectivity index (χ1n) is 10.1. The normalized spacial score (nSPS) is 16.3. The number of nitrogens with zero attached hydrogens (tertiary/aromatic N) is 3. The molecule has 8 heteroatoms. The molecule has 1 atom stereocenters. The van der Waals surface area contributed by atoms with Crippen molar-refractivity contribution in [3.8, 4) is 0 Å². The summed E-state index contributed by atoms with van der Waals surface area (Å²) in [5.74, 6) is -0.353. The maximum atomic E-state index is 14.2. The lowest BCUT2D eigenvalue weighted by Gasteiger charge is -2.24. The molecule has 1 aromatic carbocycles. The Morgan fingerprint density at radius 1 is 1.27 bits per heavy atom. The highest BCUT2D eigenvalue weighted by atomic mass is 19.1. The van der Waals surface area contributed by atoms with Gasteiger partial charge in [0, 0.05) is 44.8 Å². The molecular weight excluding hydrogens is 385 g/mol. The van der Waals surface area contributed by atoms with Crippen LogP contribution in [-0.4, -0.2) is 52.9 Å². The number of pyridine rings is 1. The second kappa shape index (κ2) is 9.67. The van der Waals surface area contributed by atoms with Crippen LogP contribution in [0.3, 0.4) is 0 Å². The van der Waals surface area contributed by atoms with Gasteiger partial charge < -0.3 is 15.5 Å². The number of urea groups is 1. The van der Waals surface area contributed by atoms with Crippen LogP contribution < -0.4 is 10.6 Å². The Balaban J connectivity index is 1.59. The molecule has 0 bridgehead atoms. The number of carbonyl (C=O) groups excluding carboxylic acids is 2. The van der Waals surface area contributed by atoms with E-state index in [1.54, 1.807) is 30.5 Å². The highest BCUT2D eigenvalue weighted by Crippen LogP contribution is 2.21. The minimum atomic E-state index is -0.530. The van der Waals surface area contributed by atoms with Gasteiger partial charge in [0.1, 0.15) is 5.82 Å². The zero-order valence-electron chi connectivity index (χ0n) is 17.6. The molecule has 3 amide bonds. The second-order valence-corrected chi connectivity index (χ2v) is 7.62. The molecule has 1 aliphatic heterocycles. The van der Waals surface area contributed by atoms with Gasteiger partial charge in [-0.3, -0.25) is 14.7 Å². The van der Waals surface area contributed by atoms with Gasteiger partial charge in [-0.2, -0.15) is 0 Å². The largest absolute Gasteiger partial charge is 0.341 e. The van der Waals surface area contributed by atoms with Crippen LogP contribution in [0.5, 0.6) is 0 Å². The quantitative estimate of drug-likeness (QED) is 0.758. The van der Waals surface area contributed by atoms with Crippen LogP contribution in [0.15, 0.2) is 36.5 Å². The van der Waals surface area contributed by atoms with E-state index in [0.717, 1.165) is 30.8 Å². The summed E-state index contributed by atoms with van der Waals surface area (Å²) in [6, 6.07) is 7.91. The third-order valence-corrected chi connectivity index (χ3v) is 5.35. The van der Waals surface area contributed by atoms with Gasteiger partial charge in [0.15, 0.2) is 0 Å². The van der Waals surface area contributed by atoms with Crippen LogP contribution in [0.4, 0.5) is 20.6 Å². The van der Waals surface area contributed by atoms with Gasteiger partial charge in [-0.1, -0.05) is 13.0 Å². The van der Waals surface area contributed by atoms with E-state index < -0.39 is 11.8 Å². The first-order chi connectivity index (χ1) is 14.4. The van der Waals surface area contributed by atoms with Crippen molar-refractivity contribution in [1.29, 1.82) is 0 Å². The zero-order chi connectivity index (χ0) is 21.7. The summed E-state index contributed by atoms with van der Waals surface area (Å²) in [5, 5.41) is 5.21. The molecule has 0 aliphatic carbocycles. The number of aryl methyl sites for hydroxylation is 1. The summed E-state index contributed by atoms with van der Waals surface area (Å²) in [6.07, 6.45) is 2.97. The molecule has 7 nitrogen and oxygen atoms in total. The molecule has 30 heavy (non-hydrogen) atoms. The predicted octanol–water partition coefficient (Wildman–Crippen LogP) is 3.62. The van der Waals surface area contributed by atoms with E-state index in [4.69, 9.17) is 0 Å². The third-order valence-electron chi connectivity index (χ3n) is 5.35. The van der Waals surface area contributed by atoms with Crippen molar-refractivity contribution < 1.29 is 14.0 Å². The molecule has 0 saturated carbocycles. The highest BCUT2D eigenvalue weighted by molar-refractivity contribution is 5.99. The number of rotatable bonds is 6. The Morgan fingerprint density at radius 2 is 2.07 bits per heavy atom. The van der Waals surface area contributed by atoms with E-state index in [9.17, 15) is 14.0 Å². The van der Waals surface area contributed by atoms with Crippen molar-refractivity contribution >= 4 is 23.3 Å². The minimum Gasteiger partial charge on any atom is -0.341 e. The van der Waals surface area contributed by atoms with Gasteiger partial charge in [0.05, 0.1) is 17.6 Å². The molecule has 1 unspecified atom stereocenters. The average molecular weight is 413 g/mol. The fourth-order valence-electron chi connectivity index (χ4n) is 3.58. The molecule has 2 N–H and O–H groups in total. The second-order valence-electron chi connectivity index (χ2n) is 7.62. The van der Waals surface area contributed by atoms with Crippen LogP contribution in [0, 0.1) is 12.7 Å². The predicted molar refractivity (Wildman–Crippen MR) is 115 cm³/mol. The van der Waals surface area contributed by atoms with Crippen LogP contribution in [0.2, 0.25) is 0 Å². The summed E-state index contributed by atoms with van der Waals surface area (Å²) < 4.78 is 14.2. The van der Waals surface area contributed by atoms with Crippen LogP contribution in [0.25, 0.3) is 0 Å². The Labute approximate surface area is 176 Å². The van der Waals surface area contributed by atoms with Gasteiger partial charge in [-0.25, -0.2) is 9.18 Å². The first-order valence-corrected chi connectivity index (χ1v) is 10.1. The number of amides is 3. The number of likely N-dealkylation sites (tertiary alicyclic amines) is 1. The lowest BCUT2D eigenvalue weighted by molar-refractivity contribution is -0.131. The van der Waals surface area contributed by atoms with Gasteiger partial charge in [0.2, 0.25) is 5.91 Å². The maximum Gasteiger partial charge on any atom is 0.323 e. The first kappa shape index (κ1) is 21.7. The van der Waals surface area contributed by atoms with Crippen molar-refractivity contribution in [3.05, 3.63) is 53.6 Å². The number of hydrogen-bond acceptors (Lipinski definition) is 4. The molecule has 0 spiro atoms. The molecule has 160 valence electrons. The molecule has 2 aromatic rings. The highest BCUT2D eigenvalue weighted by Gasteiger charge is 2.27. The van der Waals surface area contributed by atoms with E-state index in [2.05, 4.69) is 20.5 Å². The van der Waals surface area contributed by atoms with Gasteiger partial charge in [-0.15, -0.1) is 0 Å². The molecular formula is C22H28FN5O2. The number of halogens is 1. The number of aromatic nitrogens is 1. The lowest BCUT2D eigenvalue weighted by atomic mass is 10.2. The molecule has 1 fully saturated rings. The standard InChI is InChI=1S/C22H28FN5O2/c1-4-21(29)27(3)18-9-10-28(14-18)13-16-6-8-19(23)20(11-16)26-22(30)25-17-7-5-15(2)24-12-17/h5-8,11-12,18H,4,9-10,13-14H2,1-3H3,(H2,25,26,30). The topological polar surface area (TPSA) is 77.6 Å². The molecule has 3 rings (SSSR count). The monoisotopic (exact) mass is 413 g/mol. The SMILES string of the molecule is CCC(=O)N(C)C1CCN(Cc2ccc(F)c(NC(=O)Nc3ccc(C)nc3)c2)C1. The Hall–Kier alpha value is -3.00. The van der Waals surface area contributed by atoms with Crippen LogP contribution >= 0.6 is 0 Å². The van der Waals surface area contributed by atoms with Crippen LogP contribution in [0.1, 0.15) is 31.0 Å². The summed E-state index contributed by atoms with van der Waals surface area (Å²) in [6.45, 7) is 6.00. The van der Waals surface area contributed by atoms with Crippen molar-refractivity contribution in [2.75, 3.05) is 30.8 Å². The Kier molecular flexibility index (Phi) is 6.99. The van der Waals surface area contributed by atoms with Crippen molar-refractivity contribution in [3.63, 3.8) is 0 Å². The number of hydrogen-bond donors (Lipinski definition) is 2. The maximum absolute atomic E-state index is 14.2. The Bertz CT molecular complexity index is 903. The smallest absolute Gasteiger partial charge is 0.323 e. The van der Waals surface area contributed by atoms with Gasteiger partial charge >= 0.3 is 6.03 Å². The third kappa shape index (κ3) is 5.54. The number of benzene rings is 1. The van der Waals surface area contributed by atoms with E-state index in [0.29, 0.717) is 18.7 Å². The van der Waals surface area contributed by atoms with Crippen molar-refractivity contribution in [2.24, 2.45) is 0 Å². The van der Waals surface area contributed by atoms with Crippen LogP contribution in [-0.2, 0) is 11.3 Å². The summed E-state index contributed by atoms with van der Waals surface area (Å²) in [7, 11) is 1.85. The van der Waals surface area contributed by atoms with E-state index in [-0.39, 0.29) is 17.6 Å². The zero-order valence-corrected chi connectivity index (χ0v) is 17.6. The van der Waals surface area contributed by atoms with E-state index >= 15 is 0 Å². The van der Waals surface area contributed by atoms with Crippen molar-refractivity contribution in [2.45, 2.75) is 39.3 Å². The van der Waals surface area contributed by atoms with Gasteiger partial charge in [0.25, 0.3) is 0 Å². The minimum absolute atomic E-state index is 0.124. The summed E-state index contributed by atoms with van der Waals surface area (Å²) in [5.41, 5.74) is 2.39. The molecule has 0 radical (unpaired) electrons. The van der Waals surface area contributed by atoms with Crippen molar-refractivity contribution in [1.82, 2.24) is 14.8 Å². The van der Waals surface area contributed by atoms with E-state index in [1.807, 2.05) is 25.8 Å². The number of anilines is 2. The molecule has 1 aromatic heterocycles. The van der Waals surface area contributed by atoms with Gasteiger partial charge in [-0.05, 0) is 43.2 Å². The lowest BCUT2D eigenvalue weighted by Crippen LogP contribution is -2.38. The Morgan fingerprint density at radius 3 is 2.77 bits per heavy atom. The number of likely N-dealkylation sites (N-methyl/N-ethyl adjacent to an activating group) is 1. The summed E-state index contributed by atoms with van der Waals surface area (Å²) >= 11 is 0. The average Bonchev–Trinajstić information content (AvgIpc) is 3.19. The molecule has 1 saturated heterocycles.